The Hall–Kier alpha value is -3.04. The van der Waals surface area contributed by atoms with Gasteiger partial charge in [-0.2, -0.15) is 26.3 Å². The molecular weight excluding hydrogens is 436 g/mol. The van der Waals surface area contributed by atoms with Crippen LogP contribution in [0.25, 0.3) is 0 Å². The summed E-state index contributed by atoms with van der Waals surface area (Å²) < 4.78 is 80.8. The summed E-state index contributed by atoms with van der Waals surface area (Å²) >= 11 is 0. The largest absolute Gasteiger partial charge is 0.416 e. The lowest BCUT2D eigenvalue weighted by Crippen LogP contribution is -2.45. The van der Waals surface area contributed by atoms with Crippen LogP contribution in [0.2, 0.25) is 0 Å². The maximum atomic E-state index is 14.3. The molecule has 1 aromatic carbocycles. The molecule has 3 rings (SSSR count). The SMILES string of the molecule is CN(C)c1cccnc1C1(C(F)(F)F)CC=C(C(=O)Nc2ccc(C(F)(F)F)cc2)CC1. The Kier molecular flexibility index (Phi) is 6.26. The van der Waals surface area contributed by atoms with Gasteiger partial charge in [-0.25, -0.2) is 0 Å². The molecule has 1 heterocycles. The first-order valence-corrected chi connectivity index (χ1v) is 9.72. The third kappa shape index (κ3) is 4.58. The summed E-state index contributed by atoms with van der Waals surface area (Å²) in [6, 6.07) is 6.96. The van der Waals surface area contributed by atoms with Gasteiger partial charge in [-0.05, 0) is 55.7 Å². The van der Waals surface area contributed by atoms with Crippen molar-refractivity contribution in [2.45, 2.75) is 37.0 Å². The van der Waals surface area contributed by atoms with E-state index in [1.165, 1.54) is 12.3 Å². The number of pyridine rings is 1. The van der Waals surface area contributed by atoms with Gasteiger partial charge in [0.2, 0.25) is 0 Å². The van der Waals surface area contributed by atoms with E-state index in [1.54, 1.807) is 31.1 Å². The quantitative estimate of drug-likeness (QED) is 0.598. The fraction of sp³-hybridized carbons (Fsp3) is 0.364. The molecule has 32 heavy (non-hydrogen) atoms. The number of hydrogen-bond acceptors (Lipinski definition) is 3. The van der Waals surface area contributed by atoms with Crippen LogP contribution < -0.4 is 10.2 Å². The smallest absolute Gasteiger partial charge is 0.376 e. The van der Waals surface area contributed by atoms with Gasteiger partial charge in [-0.3, -0.25) is 9.78 Å². The van der Waals surface area contributed by atoms with E-state index < -0.39 is 35.7 Å². The molecule has 0 bridgehead atoms. The predicted molar refractivity (Wildman–Crippen MR) is 108 cm³/mol. The summed E-state index contributed by atoms with van der Waals surface area (Å²) in [6.45, 7) is 0. The molecule has 0 aliphatic heterocycles. The van der Waals surface area contributed by atoms with Crippen LogP contribution in [0, 0.1) is 0 Å². The summed E-state index contributed by atoms with van der Waals surface area (Å²) in [5, 5.41) is 2.45. The molecule has 0 saturated carbocycles. The number of allylic oxidation sites excluding steroid dienone is 1. The third-order valence-electron chi connectivity index (χ3n) is 5.54. The maximum absolute atomic E-state index is 14.3. The van der Waals surface area contributed by atoms with Crippen molar-refractivity contribution in [3.8, 4) is 0 Å². The highest BCUT2D eigenvalue weighted by Crippen LogP contribution is 2.51. The molecule has 0 spiro atoms. The van der Waals surface area contributed by atoms with Crippen molar-refractivity contribution in [3.05, 3.63) is 65.5 Å². The number of anilines is 2. The predicted octanol–water partition coefficient (Wildman–Crippen LogP) is 5.72. The van der Waals surface area contributed by atoms with Gasteiger partial charge in [0.25, 0.3) is 5.91 Å². The van der Waals surface area contributed by atoms with Crippen LogP contribution in [0.5, 0.6) is 0 Å². The Morgan fingerprint density at radius 1 is 1.06 bits per heavy atom. The van der Waals surface area contributed by atoms with E-state index in [-0.39, 0.29) is 29.8 Å². The van der Waals surface area contributed by atoms with Crippen molar-refractivity contribution in [2.75, 3.05) is 24.3 Å². The zero-order valence-corrected chi connectivity index (χ0v) is 17.3. The van der Waals surface area contributed by atoms with Gasteiger partial charge in [0.05, 0.1) is 16.9 Å². The Balaban J connectivity index is 1.84. The summed E-state index contributed by atoms with van der Waals surface area (Å²) in [5.74, 6) is -0.644. The monoisotopic (exact) mass is 457 g/mol. The molecular formula is C22H21F6N3O. The third-order valence-corrected chi connectivity index (χ3v) is 5.54. The van der Waals surface area contributed by atoms with Crippen molar-refractivity contribution in [3.63, 3.8) is 0 Å². The van der Waals surface area contributed by atoms with Gasteiger partial charge < -0.3 is 10.2 Å². The first-order chi connectivity index (χ1) is 14.8. The topological polar surface area (TPSA) is 45.2 Å². The van der Waals surface area contributed by atoms with E-state index >= 15 is 0 Å². The van der Waals surface area contributed by atoms with Gasteiger partial charge in [0.1, 0.15) is 5.41 Å². The lowest BCUT2D eigenvalue weighted by molar-refractivity contribution is -0.194. The molecule has 1 atom stereocenters. The van der Waals surface area contributed by atoms with E-state index in [1.807, 2.05) is 0 Å². The first-order valence-electron chi connectivity index (χ1n) is 9.72. The molecule has 1 aliphatic rings. The second-order valence-electron chi connectivity index (χ2n) is 7.81. The molecule has 1 N–H and O–H groups in total. The summed E-state index contributed by atoms with van der Waals surface area (Å²) in [6.07, 6.45) is -7.55. The standard InChI is InChI=1S/C22H21F6N3O/c1-31(2)17-4-3-13-29-18(17)20(22(26,27)28)11-9-14(10-12-20)19(32)30-16-7-5-15(6-8-16)21(23,24)25/h3-9,13H,10-12H2,1-2H3,(H,30,32). The second-order valence-corrected chi connectivity index (χ2v) is 7.81. The van der Waals surface area contributed by atoms with Crippen LogP contribution >= 0.6 is 0 Å². The highest BCUT2D eigenvalue weighted by molar-refractivity contribution is 6.03. The lowest BCUT2D eigenvalue weighted by Gasteiger charge is -2.39. The van der Waals surface area contributed by atoms with Crippen molar-refractivity contribution in [2.24, 2.45) is 0 Å². The minimum Gasteiger partial charge on any atom is -0.376 e. The molecule has 10 heteroatoms. The minimum absolute atomic E-state index is 0.101. The Morgan fingerprint density at radius 3 is 2.22 bits per heavy atom. The zero-order chi connectivity index (χ0) is 23.7. The van der Waals surface area contributed by atoms with Crippen molar-refractivity contribution >= 4 is 17.3 Å². The normalized spacial score (nSPS) is 19.3. The molecule has 4 nitrogen and oxygen atoms in total. The minimum atomic E-state index is -4.60. The van der Waals surface area contributed by atoms with Crippen LogP contribution in [0.15, 0.2) is 54.2 Å². The molecule has 2 aromatic rings. The number of carbonyl (C=O) groups is 1. The zero-order valence-electron chi connectivity index (χ0n) is 17.3. The molecule has 0 fully saturated rings. The van der Waals surface area contributed by atoms with E-state index in [0.29, 0.717) is 5.69 Å². The number of benzene rings is 1. The van der Waals surface area contributed by atoms with Gasteiger partial charge in [-0.1, -0.05) is 6.08 Å². The van der Waals surface area contributed by atoms with Crippen LogP contribution in [0.1, 0.15) is 30.5 Å². The molecule has 1 aromatic heterocycles. The fourth-order valence-electron chi connectivity index (χ4n) is 3.74. The van der Waals surface area contributed by atoms with Crippen LogP contribution in [0.3, 0.4) is 0 Å². The van der Waals surface area contributed by atoms with E-state index in [9.17, 15) is 31.1 Å². The number of rotatable bonds is 4. The van der Waals surface area contributed by atoms with Crippen molar-refractivity contribution < 1.29 is 31.1 Å². The number of hydrogen-bond donors (Lipinski definition) is 1. The van der Waals surface area contributed by atoms with E-state index in [0.717, 1.165) is 24.3 Å². The number of amides is 1. The van der Waals surface area contributed by atoms with Crippen molar-refractivity contribution in [1.29, 1.82) is 0 Å². The van der Waals surface area contributed by atoms with Gasteiger partial charge in [0, 0.05) is 31.6 Å². The highest BCUT2D eigenvalue weighted by Gasteiger charge is 2.58. The fourth-order valence-corrected chi connectivity index (χ4v) is 3.74. The van der Waals surface area contributed by atoms with Crippen LogP contribution in [0.4, 0.5) is 37.7 Å². The Morgan fingerprint density at radius 2 is 1.72 bits per heavy atom. The second kappa shape index (κ2) is 8.48. The Bertz CT molecular complexity index is 1010. The van der Waals surface area contributed by atoms with E-state index in [4.69, 9.17) is 0 Å². The molecule has 1 aliphatic carbocycles. The van der Waals surface area contributed by atoms with Gasteiger partial charge >= 0.3 is 12.4 Å². The van der Waals surface area contributed by atoms with Crippen LogP contribution in [-0.4, -0.2) is 31.2 Å². The Labute approximate surface area is 180 Å². The molecule has 0 radical (unpaired) electrons. The summed E-state index contributed by atoms with van der Waals surface area (Å²) in [7, 11) is 3.26. The molecule has 1 amide bonds. The number of halogens is 6. The van der Waals surface area contributed by atoms with Crippen molar-refractivity contribution in [1.82, 2.24) is 4.98 Å². The first kappa shape index (κ1) is 23.6. The summed E-state index contributed by atoms with van der Waals surface area (Å²) in [4.78, 5) is 18.1. The number of nitrogens with zero attached hydrogens (tertiary/aromatic N) is 2. The van der Waals surface area contributed by atoms with E-state index in [2.05, 4.69) is 10.3 Å². The van der Waals surface area contributed by atoms with Crippen LogP contribution in [-0.2, 0) is 16.4 Å². The average Bonchev–Trinajstić information content (AvgIpc) is 2.72. The molecule has 1 unspecified atom stereocenters. The number of aromatic nitrogens is 1. The average molecular weight is 457 g/mol. The summed E-state index contributed by atoms with van der Waals surface area (Å²) in [5.41, 5.74) is -2.60. The molecule has 0 saturated heterocycles. The molecule has 172 valence electrons. The lowest BCUT2D eigenvalue weighted by atomic mass is 9.71. The van der Waals surface area contributed by atoms with Gasteiger partial charge in [-0.15, -0.1) is 0 Å². The van der Waals surface area contributed by atoms with Gasteiger partial charge in [0.15, 0.2) is 0 Å². The maximum Gasteiger partial charge on any atom is 0.416 e. The number of nitrogens with one attached hydrogen (secondary N) is 1. The number of alkyl halides is 6. The highest BCUT2D eigenvalue weighted by atomic mass is 19.4. The number of carbonyl (C=O) groups excluding carboxylic acids is 1.